The van der Waals surface area contributed by atoms with Gasteiger partial charge in [-0.25, -0.2) is 0 Å². The van der Waals surface area contributed by atoms with Crippen molar-refractivity contribution < 1.29 is 9.53 Å². The molecule has 0 amide bonds. The summed E-state index contributed by atoms with van der Waals surface area (Å²) in [6.07, 6.45) is 4.03. The van der Waals surface area contributed by atoms with Gasteiger partial charge in [0.2, 0.25) is 0 Å². The Morgan fingerprint density at radius 3 is 2.56 bits per heavy atom. The Morgan fingerprint density at radius 1 is 1.31 bits per heavy atom. The molecule has 0 aliphatic rings. The number of ether oxygens (including phenoxy) is 1. The molecule has 0 aliphatic heterocycles. The lowest BCUT2D eigenvalue weighted by molar-refractivity contribution is -0.146. The maximum absolute atomic E-state index is 11.0. The molecule has 1 aromatic rings. The molecule has 0 aliphatic carbocycles. The van der Waals surface area contributed by atoms with Gasteiger partial charge in [0.1, 0.15) is 6.10 Å². The topological polar surface area (TPSA) is 26.3 Å². The molecule has 0 N–H and O–H groups in total. The number of rotatable bonds is 6. The zero-order valence-electron chi connectivity index (χ0n) is 10.1. The molecule has 88 valence electrons. The van der Waals surface area contributed by atoms with Crippen LogP contribution in [0.1, 0.15) is 38.7 Å². The van der Waals surface area contributed by atoms with Crippen molar-refractivity contribution in [3.05, 3.63) is 35.9 Å². The number of hydrogen-bond donors (Lipinski definition) is 0. The van der Waals surface area contributed by atoms with Crippen LogP contribution in [-0.4, -0.2) is 12.1 Å². The summed E-state index contributed by atoms with van der Waals surface area (Å²) < 4.78 is 5.32. The van der Waals surface area contributed by atoms with E-state index in [0.717, 1.165) is 25.7 Å². The molecule has 0 aromatic heterocycles. The molecule has 1 rings (SSSR count). The summed E-state index contributed by atoms with van der Waals surface area (Å²) in [6, 6.07) is 10.2. The highest BCUT2D eigenvalue weighted by Crippen LogP contribution is 2.12. The summed E-state index contributed by atoms with van der Waals surface area (Å²) in [7, 11) is 0. The maximum Gasteiger partial charge on any atom is 0.302 e. The van der Waals surface area contributed by atoms with E-state index in [-0.39, 0.29) is 12.1 Å². The van der Waals surface area contributed by atoms with Crippen LogP contribution >= 0.6 is 0 Å². The number of carbonyl (C=O) groups is 1. The largest absolute Gasteiger partial charge is 0.462 e. The standard InChI is InChI=1S/C14H20O2/c1-3-4-10-14(16-12(2)15)11-13-8-6-5-7-9-13/h5-9,14H,3-4,10-11H2,1-2H3. The molecule has 2 nitrogen and oxygen atoms in total. The first kappa shape index (κ1) is 12.8. The predicted molar refractivity (Wildman–Crippen MR) is 65.2 cm³/mol. The zero-order valence-corrected chi connectivity index (χ0v) is 10.1. The predicted octanol–water partition coefficient (Wildman–Crippen LogP) is 3.35. The van der Waals surface area contributed by atoms with Gasteiger partial charge in [-0.15, -0.1) is 0 Å². The van der Waals surface area contributed by atoms with E-state index in [1.165, 1.54) is 12.5 Å². The fraction of sp³-hybridized carbons (Fsp3) is 0.500. The van der Waals surface area contributed by atoms with Crippen molar-refractivity contribution in [2.45, 2.75) is 45.6 Å². The molecule has 0 saturated heterocycles. The monoisotopic (exact) mass is 220 g/mol. The van der Waals surface area contributed by atoms with Crippen molar-refractivity contribution >= 4 is 5.97 Å². The van der Waals surface area contributed by atoms with E-state index in [1.54, 1.807) is 0 Å². The Kier molecular flexibility index (Phi) is 5.62. The third-order valence-electron chi connectivity index (χ3n) is 2.52. The number of hydrogen-bond acceptors (Lipinski definition) is 2. The van der Waals surface area contributed by atoms with Crippen LogP contribution in [0.25, 0.3) is 0 Å². The first-order valence-corrected chi connectivity index (χ1v) is 5.93. The molecule has 0 bridgehead atoms. The molecule has 16 heavy (non-hydrogen) atoms. The minimum atomic E-state index is -0.183. The van der Waals surface area contributed by atoms with Gasteiger partial charge in [-0.2, -0.15) is 0 Å². The van der Waals surface area contributed by atoms with Crippen molar-refractivity contribution in [3.63, 3.8) is 0 Å². The van der Waals surface area contributed by atoms with E-state index in [2.05, 4.69) is 19.1 Å². The molecule has 0 radical (unpaired) electrons. The van der Waals surface area contributed by atoms with Crippen molar-refractivity contribution in [2.24, 2.45) is 0 Å². The van der Waals surface area contributed by atoms with E-state index >= 15 is 0 Å². The van der Waals surface area contributed by atoms with Crippen LogP contribution in [0.2, 0.25) is 0 Å². The SMILES string of the molecule is CCCCC(Cc1ccccc1)OC(C)=O. The molecule has 0 heterocycles. The third-order valence-corrected chi connectivity index (χ3v) is 2.52. The minimum absolute atomic E-state index is 0.0276. The lowest BCUT2D eigenvalue weighted by Gasteiger charge is -2.16. The van der Waals surface area contributed by atoms with Crippen LogP contribution in [0.15, 0.2) is 30.3 Å². The average molecular weight is 220 g/mol. The van der Waals surface area contributed by atoms with Gasteiger partial charge in [-0.05, 0) is 12.0 Å². The summed E-state index contributed by atoms with van der Waals surface area (Å²) in [5.74, 6) is -0.183. The van der Waals surface area contributed by atoms with Gasteiger partial charge in [-0.3, -0.25) is 4.79 Å². The second-order valence-corrected chi connectivity index (χ2v) is 4.06. The van der Waals surface area contributed by atoms with Gasteiger partial charge in [0.15, 0.2) is 0 Å². The molecule has 0 spiro atoms. The second kappa shape index (κ2) is 7.04. The Hall–Kier alpha value is -1.31. The Bertz CT molecular complexity index is 306. The average Bonchev–Trinajstić information content (AvgIpc) is 2.26. The zero-order chi connectivity index (χ0) is 11.8. The van der Waals surface area contributed by atoms with Gasteiger partial charge in [0, 0.05) is 13.3 Å². The van der Waals surface area contributed by atoms with Crippen LogP contribution in [-0.2, 0) is 16.0 Å². The maximum atomic E-state index is 11.0. The van der Waals surface area contributed by atoms with Crippen LogP contribution in [0.5, 0.6) is 0 Å². The molecule has 1 atom stereocenters. The van der Waals surface area contributed by atoms with Crippen LogP contribution in [0.3, 0.4) is 0 Å². The number of carbonyl (C=O) groups excluding carboxylic acids is 1. The summed E-state index contributed by atoms with van der Waals surface area (Å²) in [4.78, 5) is 11.0. The highest BCUT2D eigenvalue weighted by atomic mass is 16.5. The van der Waals surface area contributed by atoms with Crippen molar-refractivity contribution in [1.82, 2.24) is 0 Å². The minimum Gasteiger partial charge on any atom is -0.462 e. The Labute approximate surface area is 97.6 Å². The number of benzene rings is 1. The smallest absolute Gasteiger partial charge is 0.302 e. The third kappa shape index (κ3) is 4.96. The first-order valence-electron chi connectivity index (χ1n) is 5.93. The van der Waals surface area contributed by atoms with E-state index in [4.69, 9.17) is 4.74 Å². The van der Waals surface area contributed by atoms with E-state index in [0.29, 0.717) is 0 Å². The Morgan fingerprint density at radius 2 is 2.00 bits per heavy atom. The van der Waals surface area contributed by atoms with Crippen molar-refractivity contribution in [2.75, 3.05) is 0 Å². The van der Waals surface area contributed by atoms with Crippen LogP contribution < -0.4 is 0 Å². The van der Waals surface area contributed by atoms with E-state index in [9.17, 15) is 4.79 Å². The molecule has 2 heteroatoms. The number of esters is 1. The van der Waals surface area contributed by atoms with Gasteiger partial charge < -0.3 is 4.74 Å². The van der Waals surface area contributed by atoms with Crippen LogP contribution in [0.4, 0.5) is 0 Å². The highest BCUT2D eigenvalue weighted by Gasteiger charge is 2.11. The normalized spacial score (nSPS) is 12.1. The van der Waals surface area contributed by atoms with E-state index in [1.807, 2.05) is 18.2 Å². The summed E-state index contributed by atoms with van der Waals surface area (Å²) >= 11 is 0. The lowest BCUT2D eigenvalue weighted by atomic mass is 10.0. The van der Waals surface area contributed by atoms with Gasteiger partial charge in [-0.1, -0.05) is 50.1 Å². The molecule has 0 saturated carbocycles. The molecule has 1 aromatic carbocycles. The molecule has 0 fully saturated rings. The van der Waals surface area contributed by atoms with Crippen molar-refractivity contribution in [3.8, 4) is 0 Å². The second-order valence-electron chi connectivity index (χ2n) is 4.06. The molecular weight excluding hydrogens is 200 g/mol. The summed E-state index contributed by atoms with van der Waals surface area (Å²) in [5.41, 5.74) is 1.23. The van der Waals surface area contributed by atoms with Gasteiger partial charge >= 0.3 is 5.97 Å². The van der Waals surface area contributed by atoms with E-state index < -0.39 is 0 Å². The molecule has 1 unspecified atom stereocenters. The lowest BCUT2D eigenvalue weighted by Crippen LogP contribution is -2.19. The van der Waals surface area contributed by atoms with Crippen molar-refractivity contribution in [1.29, 1.82) is 0 Å². The fourth-order valence-electron chi connectivity index (χ4n) is 1.75. The molecular formula is C14H20O2. The summed E-state index contributed by atoms with van der Waals surface area (Å²) in [5, 5.41) is 0. The summed E-state index contributed by atoms with van der Waals surface area (Å²) in [6.45, 7) is 3.62. The number of unbranched alkanes of at least 4 members (excludes halogenated alkanes) is 1. The first-order chi connectivity index (χ1) is 7.72. The van der Waals surface area contributed by atoms with Gasteiger partial charge in [0.05, 0.1) is 0 Å². The Balaban J connectivity index is 2.52. The highest BCUT2D eigenvalue weighted by molar-refractivity contribution is 5.66. The van der Waals surface area contributed by atoms with Crippen LogP contribution in [0, 0.1) is 0 Å². The quantitative estimate of drug-likeness (QED) is 0.687. The fourth-order valence-corrected chi connectivity index (χ4v) is 1.75. The van der Waals surface area contributed by atoms with Gasteiger partial charge in [0.25, 0.3) is 0 Å².